The van der Waals surface area contributed by atoms with E-state index in [0.717, 1.165) is 27.7 Å². The number of fused-ring (bicyclic) bond motifs is 2. The van der Waals surface area contributed by atoms with Gasteiger partial charge in [-0.15, -0.1) is 12.4 Å². The monoisotopic (exact) mass is 275 g/mol. The first kappa shape index (κ1) is 13.4. The van der Waals surface area contributed by atoms with Gasteiger partial charge in [-0.3, -0.25) is 4.98 Å². The van der Waals surface area contributed by atoms with Crippen LogP contribution in [0.2, 0.25) is 0 Å². The Morgan fingerprint density at radius 2 is 1.74 bits per heavy atom. The molecular formula is C15H14ClNO2. The molecule has 2 aromatic carbocycles. The number of methoxy groups -OCH3 is 2. The number of halogens is 1. The number of aromatic nitrogens is 1. The maximum absolute atomic E-state index is 5.45. The van der Waals surface area contributed by atoms with Crippen molar-refractivity contribution in [2.24, 2.45) is 0 Å². The van der Waals surface area contributed by atoms with Gasteiger partial charge in [0.1, 0.15) is 0 Å². The highest BCUT2D eigenvalue weighted by atomic mass is 35.5. The molecule has 3 rings (SSSR count). The van der Waals surface area contributed by atoms with Gasteiger partial charge in [0.25, 0.3) is 0 Å². The van der Waals surface area contributed by atoms with Crippen LogP contribution in [-0.2, 0) is 0 Å². The lowest BCUT2D eigenvalue weighted by Gasteiger charge is -2.11. The van der Waals surface area contributed by atoms with Crippen molar-refractivity contribution in [3.8, 4) is 11.5 Å². The third-order valence-electron chi connectivity index (χ3n) is 3.12. The van der Waals surface area contributed by atoms with Gasteiger partial charge in [-0.1, -0.05) is 6.07 Å². The maximum Gasteiger partial charge on any atom is 0.168 e. The Morgan fingerprint density at radius 3 is 2.47 bits per heavy atom. The molecule has 0 aliphatic rings. The Labute approximate surface area is 117 Å². The fourth-order valence-corrected chi connectivity index (χ4v) is 2.23. The van der Waals surface area contributed by atoms with Gasteiger partial charge >= 0.3 is 0 Å². The standard InChI is InChI=1S/C15H13NO2.ClH/c1-17-14-4-3-11-7-10-5-6-16-9-12(10)8-13(11)15(14)18-2;/h3-9H,1-2H3;1H. The van der Waals surface area contributed by atoms with Crippen molar-refractivity contribution in [3.05, 3.63) is 42.7 Å². The molecule has 0 aliphatic heterocycles. The minimum absolute atomic E-state index is 0. The Balaban J connectivity index is 0.00000133. The predicted octanol–water partition coefficient (Wildman–Crippen LogP) is 3.83. The summed E-state index contributed by atoms with van der Waals surface area (Å²) in [7, 11) is 3.30. The van der Waals surface area contributed by atoms with E-state index < -0.39 is 0 Å². The van der Waals surface area contributed by atoms with Crippen LogP contribution in [0, 0.1) is 0 Å². The molecule has 0 radical (unpaired) electrons. The predicted molar refractivity (Wildman–Crippen MR) is 79.6 cm³/mol. The van der Waals surface area contributed by atoms with E-state index in [0.29, 0.717) is 0 Å². The minimum Gasteiger partial charge on any atom is -0.493 e. The zero-order chi connectivity index (χ0) is 12.5. The molecule has 98 valence electrons. The van der Waals surface area contributed by atoms with Crippen LogP contribution < -0.4 is 9.47 Å². The lowest BCUT2D eigenvalue weighted by atomic mass is 10.0. The topological polar surface area (TPSA) is 31.4 Å². The molecule has 19 heavy (non-hydrogen) atoms. The molecule has 0 unspecified atom stereocenters. The lowest BCUT2D eigenvalue weighted by Crippen LogP contribution is -1.91. The van der Waals surface area contributed by atoms with Gasteiger partial charge in [0, 0.05) is 23.2 Å². The molecule has 0 bridgehead atoms. The maximum atomic E-state index is 5.45. The summed E-state index contributed by atoms with van der Waals surface area (Å²) in [4.78, 5) is 4.15. The van der Waals surface area contributed by atoms with Crippen LogP contribution in [0.3, 0.4) is 0 Å². The third kappa shape index (κ3) is 2.17. The van der Waals surface area contributed by atoms with E-state index in [4.69, 9.17) is 9.47 Å². The zero-order valence-corrected chi connectivity index (χ0v) is 11.5. The summed E-state index contributed by atoms with van der Waals surface area (Å²) in [5.41, 5.74) is 0. The van der Waals surface area contributed by atoms with Gasteiger partial charge in [0.15, 0.2) is 11.5 Å². The van der Waals surface area contributed by atoms with Gasteiger partial charge in [-0.2, -0.15) is 0 Å². The van der Waals surface area contributed by atoms with Crippen molar-refractivity contribution in [1.29, 1.82) is 0 Å². The second-order valence-electron chi connectivity index (χ2n) is 4.10. The number of pyridine rings is 1. The van der Waals surface area contributed by atoms with Crippen molar-refractivity contribution >= 4 is 34.0 Å². The number of hydrogen-bond donors (Lipinski definition) is 0. The van der Waals surface area contributed by atoms with Gasteiger partial charge < -0.3 is 9.47 Å². The summed E-state index contributed by atoms with van der Waals surface area (Å²) in [6.07, 6.45) is 3.66. The summed E-state index contributed by atoms with van der Waals surface area (Å²) in [5.74, 6) is 1.51. The van der Waals surface area contributed by atoms with E-state index in [2.05, 4.69) is 17.1 Å². The van der Waals surface area contributed by atoms with E-state index in [9.17, 15) is 0 Å². The van der Waals surface area contributed by atoms with Crippen molar-refractivity contribution in [2.75, 3.05) is 14.2 Å². The Kier molecular flexibility index (Phi) is 3.76. The zero-order valence-electron chi connectivity index (χ0n) is 10.7. The first-order valence-electron chi connectivity index (χ1n) is 5.72. The SMILES string of the molecule is COc1ccc2cc3ccncc3cc2c1OC.Cl. The summed E-state index contributed by atoms with van der Waals surface area (Å²) < 4.78 is 10.8. The van der Waals surface area contributed by atoms with Crippen LogP contribution in [0.15, 0.2) is 42.7 Å². The van der Waals surface area contributed by atoms with Crippen LogP contribution in [-0.4, -0.2) is 19.2 Å². The van der Waals surface area contributed by atoms with Gasteiger partial charge in [-0.25, -0.2) is 0 Å². The largest absolute Gasteiger partial charge is 0.493 e. The number of hydrogen-bond acceptors (Lipinski definition) is 3. The van der Waals surface area contributed by atoms with E-state index >= 15 is 0 Å². The first-order valence-corrected chi connectivity index (χ1v) is 5.72. The summed E-state index contributed by atoms with van der Waals surface area (Å²) in [6, 6.07) is 10.2. The lowest BCUT2D eigenvalue weighted by molar-refractivity contribution is 0.358. The highest BCUT2D eigenvalue weighted by Crippen LogP contribution is 2.37. The third-order valence-corrected chi connectivity index (χ3v) is 3.12. The smallest absolute Gasteiger partial charge is 0.168 e. The Hall–Kier alpha value is -2.00. The van der Waals surface area contributed by atoms with Crippen LogP contribution in [0.4, 0.5) is 0 Å². The number of nitrogens with zero attached hydrogens (tertiary/aromatic N) is 1. The molecule has 0 atom stereocenters. The molecule has 1 heterocycles. The molecular weight excluding hydrogens is 262 g/mol. The molecule has 0 aliphatic carbocycles. The van der Waals surface area contributed by atoms with E-state index in [1.54, 1.807) is 20.4 Å². The quantitative estimate of drug-likeness (QED) is 0.666. The number of benzene rings is 2. The second-order valence-corrected chi connectivity index (χ2v) is 4.10. The molecule has 3 aromatic rings. The summed E-state index contributed by atoms with van der Waals surface area (Å²) in [6.45, 7) is 0. The Morgan fingerprint density at radius 1 is 0.895 bits per heavy atom. The normalized spacial score (nSPS) is 10.2. The highest BCUT2D eigenvalue weighted by Gasteiger charge is 2.09. The highest BCUT2D eigenvalue weighted by molar-refractivity contribution is 6.01. The summed E-state index contributed by atoms with van der Waals surface area (Å²) in [5, 5.41) is 4.44. The molecule has 0 saturated heterocycles. The molecule has 1 aromatic heterocycles. The van der Waals surface area contributed by atoms with Crippen LogP contribution in [0.25, 0.3) is 21.5 Å². The second kappa shape index (κ2) is 5.33. The van der Waals surface area contributed by atoms with Gasteiger partial charge in [-0.05, 0) is 35.0 Å². The molecule has 0 fully saturated rings. The molecule has 0 N–H and O–H groups in total. The average molecular weight is 276 g/mol. The Bertz CT molecular complexity index is 728. The van der Waals surface area contributed by atoms with E-state index in [1.807, 2.05) is 24.4 Å². The van der Waals surface area contributed by atoms with Crippen LogP contribution in [0.5, 0.6) is 11.5 Å². The van der Waals surface area contributed by atoms with Gasteiger partial charge in [0.05, 0.1) is 14.2 Å². The van der Waals surface area contributed by atoms with Crippen LogP contribution in [0.1, 0.15) is 0 Å². The average Bonchev–Trinajstić information content (AvgIpc) is 2.43. The van der Waals surface area contributed by atoms with E-state index in [1.165, 1.54) is 5.39 Å². The van der Waals surface area contributed by atoms with Crippen molar-refractivity contribution < 1.29 is 9.47 Å². The fourth-order valence-electron chi connectivity index (χ4n) is 2.23. The molecule has 0 saturated carbocycles. The van der Waals surface area contributed by atoms with Crippen molar-refractivity contribution in [3.63, 3.8) is 0 Å². The molecule has 3 nitrogen and oxygen atoms in total. The molecule has 0 spiro atoms. The van der Waals surface area contributed by atoms with Gasteiger partial charge in [0.2, 0.25) is 0 Å². The summed E-state index contributed by atoms with van der Waals surface area (Å²) >= 11 is 0. The number of ether oxygens (including phenoxy) is 2. The first-order chi connectivity index (χ1) is 8.83. The van der Waals surface area contributed by atoms with Crippen LogP contribution >= 0.6 is 12.4 Å². The molecule has 4 heteroatoms. The fraction of sp³-hybridized carbons (Fsp3) is 0.133. The van der Waals surface area contributed by atoms with Crippen molar-refractivity contribution in [1.82, 2.24) is 4.98 Å². The van der Waals surface area contributed by atoms with Crippen molar-refractivity contribution in [2.45, 2.75) is 0 Å². The minimum atomic E-state index is 0. The van der Waals surface area contributed by atoms with E-state index in [-0.39, 0.29) is 12.4 Å². The molecule has 0 amide bonds. The number of rotatable bonds is 2.